The predicted molar refractivity (Wildman–Crippen MR) is 86.4 cm³/mol. The molecule has 1 fully saturated rings. The molecule has 0 bridgehead atoms. The van der Waals surface area contributed by atoms with E-state index in [-0.39, 0.29) is 13.0 Å². The van der Waals surface area contributed by atoms with E-state index in [2.05, 4.69) is 17.2 Å². The number of carbonyl (C=O) groups excluding carboxylic acids is 3. The Kier molecular flexibility index (Phi) is 5.68. The van der Waals surface area contributed by atoms with E-state index in [0.29, 0.717) is 12.0 Å². The molecule has 7 heteroatoms. The lowest BCUT2D eigenvalue weighted by atomic mass is 10.00. The Labute approximate surface area is 139 Å². The van der Waals surface area contributed by atoms with Gasteiger partial charge in [0, 0.05) is 6.54 Å². The number of amides is 4. The minimum absolute atomic E-state index is 0.0165. The third-order valence-electron chi connectivity index (χ3n) is 3.86. The number of carbonyl (C=O) groups is 3. The molecule has 1 heterocycles. The molecule has 2 atom stereocenters. The highest BCUT2D eigenvalue weighted by molar-refractivity contribution is 6.02. The Bertz CT molecular complexity index is 627. The van der Waals surface area contributed by atoms with E-state index in [1.54, 1.807) is 6.92 Å². The fourth-order valence-corrected chi connectivity index (χ4v) is 2.64. The number of urea groups is 1. The highest BCUT2D eigenvalue weighted by atomic mass is 19.1. The van der Waals surface area contributed by atoms with Crippen LogP contribution in [-0.2, 0) is 9.59 Å². The van der Waals surface area contributed by atoms with Crippen LogP contribution in [-0.4, -0.2) is 35.3 Å². The standard InChI is InChI=1S/C17H20FN3O3/c1-3-9-19-16(23)14(4-2)21-15(22)10-13(20-17(21)24)11-5-7-12(18)8-6-11/h3,5-8,13-14H,1,4,9-10H2,2H3,(H,19,23)(H,20,24). The lowest BCUT2D eigenvalue weighted by molar-refractivity contribution is -0.138. The number of nitrogens with one attached hydrogen (secondary N) is 2. The van der Waals surface area contributed by atoms with Gasteiger partial charge < -0.3 is 10.6 Å². The van der Waals surface area contributed by atoms with Gasteiger partial charge in [0.1, 0.15) is 11.9 Å². The molecule has 2 unspecified atom stereocenters. The molecule has 1 aliphatic heterocycles. The SMILES string of the molecule is C=CCNC(=O)C(CC)N1C(=O)CC(c2ccc(F)cc2)NC1=O. The maximum absolute atomic E-state index is 13.0. The Morgan fingerprint density at radius 3 is 2.67 bits per heavy atom. The summed E-state index contributed by atoms with van der Waals surface area (Å²) in [6.07, 6.45) is 1.85. The van der Waals surface area contributed by atoms with Crippen molar-refractivity contribution in [1.29, 1.82) is 0 Å². The number of hydrogen-bond acceptors (Lipinski definition) is 3. The number of hydrogen-bond donors (Lipinski definition) is 2. The molecule has 2 N–H and O–H groups in total. The topological polar surface area (TPSA) is 78.5 Å². The summed E-state index contributed by atoms with van der Waals surface area (Å²) < 4.78 is 13.0. The van der Waals surface area contributed by atoms with Crippen LogP contribution >= 0.6 is 0 Å². The fourth-order valence-electron chi connectivity index (χ4n) is 2.64. The minimum atomic E-state index is -0.869. The Morgan fingerprint density at radius 2 is 2.12 bits per heavy atom. The first-order valence-corrected chi connectivity index (χ1v) is 7.74. The van der Waals surface area contributed by atoms with Gasteiger partial charge in [-0.2, -0.15) is 0 Å². The summed E-state index contributed by atoms with van der Waals surface area (Å²) in [6.45, 7) is 5.50. The fraction of sp³-hybridized carbons (Fsp3) is 0.353. The molecule has 4 amide bonds. The molecule has 0 radical (unpaired) electrons. The molecule has 6 nitrogen and oxygen atoms in total. The van der Waals surface area contributed by atoms with E-state index < -0.39 is 35.7 Å². The van der Waals surface area contributed by atoms with Gasteiger partial charge in [0.05, 0.1) is 12.5 Å². The summed E-state index contributed by atoms with van der Waals surface area (Å²) in [4.78, 5) is 37.9. The first kappa shape index (κ1) is 17.7. The number of imide groups is 1. The summed E-state index contributed by atoms with van der Waals surface area (Å²) in [7, 11) is 0. The lowest BCUT2D eigenvalue weighted by Crippen LogP contribution is -2.59. The van der Waals surface area contributed by atoms with Gasteiger partial charge in [0.25, 0.3) is 0 Å². The Hall–Kier alpha value is -2.70. The second-order valence-electron chi connectivity index (χ2n) is 5.48. The van der Waals surface area contributed by atoms with Crippen LogP contribution in [0.5, 0.6) is 0 Å². The molecule has 1 aliphatic rings. The van der Waals surface area contributed by atoms with Crippen LogP contribution in [0.2, 0.25) is 0 Å². The quantitative estimate of drug-likeness (QED) is 0.780. The molecule has 1 aromatic carbocycles. The van der Waals surface area contributed by atoms with Gasteiger partial charge in [-0.3, -0.25) is 14.5 Å². The molecule has 2 rings (SSSR count). The molecule has 0 aromatic heterocycles. The summed E-state index contributed by atoms with van der Waals surface area (Å²) in [5, 5.41) is 5.30. The highest BCUT2D eigenvalue weighted by Crippen LogP contribution is 2.24. The van der Waals surface area contributed by atoms with Crippen LogP contribution in [0.1, 0.15) is 31.4 Å². The zero-order chi connectivity index (χ0) is 17.7. The van der Waals surface area contributed by atoms with Crippen molar-refractivity contribution in [3.63, 3.8) is 0 Å². The molecule has 128 valence electrons. The Balaban J connectivity index is 2.13. The molecule has 0 saturated carbocycles. The van der Waals surface area contributed by atoms with Crippen molar-refractivity contribution in [2.75, 3.05) is 6.54 Å². The monoisotopic (exact) mass is 333 g/mol. The molecule has 24 heavy (non-hydrogen) atoms. The van der Waals surface area contributed by atoms with Gasteiger partial charge >= 0.3 is 6.03 Å². The zero-order valence-electron chi connectivity index (χ0n) is 13.4. The first-order chi connectivity index (χ1) is 11.5. The second-order valence-corrected chi connectivity index (χ2v) is 5.48. The van der Waals surface area contributed by atoms with Crippen molar-refractivity contribution < 1.29 is 18.8 Å². The third kappa shape index (κ3) is 3.79. The molecular formula is C17H20FN3O3. The highest BCUT2D eigenvalue weighted by Gasteiger charge is 2.39. The van der Waals surface area contributed by atoms with Gasteiger partial charge in [-0.05, 0) is 24.1 Å². The Morgan fingerprint density at radius 1 is 1.46 bits per heavy atom. The number of nitrogens with zero attached hydrogens (tertiary/aromatic N) is 1. The van der Waals surface area contributed by atoms with Crippen molar-refractivity contribution in [1.82, 2.24) is 15.5 Å². The van der Waals surface area contributed by atoms with Crippen LogP contribution < -0.4 is 10.6 Å². The van der Waals surface area contributed by atoms with Crippen molar-refractivity contribution in [3.05, 3.63) is 48.3 Å². The van der Waals surface area contributed by atoms with Crippen LogP contribution in [0.4, 0.5) is 9.18 Å². The van der Waals surface area contributed by atoms with Gasteiger partial charge in [0.2, 0.25) is 11.8 Å². The van der Waals surface area contributed by atoms with Crippen molar-refractivity contribution >= 4 is 17.8 Å². The summed E-state index contributed by atoms with van der Waals surface area (Å²) >= 11 is 0. The zero-order valence-corrected chi connectivity index (χ0v) is 13.4. The van der Waals surface area contributed by atoms with Crippen LogP contribution in [0.15, 0.2) is 36.9 Å². The third-order valence-corrected chi connectivity index (χ3v) is 3.86. The average Bonchev–Trinajstić information content (AvgIpc) is 2.56. The largest absolute Gasteiger partial charge is 0.351 e. The van der Waals surface area contributed by atoms with Gasteiger partial charge in [-0.25, -0.2) is 9.18 Å². The summed E-state index contributed by atoms with van der Waals surface area (Å²) in [5.41, 5.74) is 0.641. The normalized spacial score (nSPS) is 18.8. The van der Waals surface area contributed by atoms with E-state index in [0.717, 1.165) is 4.90 Å². The van der Waals surface area contributed by atoms with E-state index >= 15 is 0 Å². The number of halogens is 1. The molecular weight excluding hydrogens is 313 g/mol. The predicted octanol–water partition coefficient (Wildman–Crippen LogP) is 1.89. The average molecular weight is 333 g/mol. The van der Waals surface area contributed by atoms with Gasteiger partial charge in [-0.1, -0.05) is 25.1 Å². The van der Waals surface area contributed by atoms with E-state index in [1.165, 1.54) is 30.3 Å². The van der Waals surface area contributed by atoms with Crippen LogP contribution in [0.25, 0.3) is 0 Å². The second kappa shape index (κ2) is 7.72. The van der Waals surface area contributed by atoms with Crippen molar-refractivity contribution in [3.8, 4) is 0 Å². The van der Waals surface area contributed by atoms with Gasteiger partial charge in [-0.15, -0.1) is 6.58 Å². The smallest absolute Gasteiger partial charge is 0.325 e. The van der Waals surface area contributed by atoms with E-state index in [4.69, 9.17) is 0 Å². The maximum Gasteiger partial charge on any atom is 0.325 e. The lowest BCUT2D eigenvalue weighted by Gasteiger charge is -2.35. The maximum atomic E-state index is 13.0. The molecule has 0 spiro atoms. The van der Waals surface area contributed by atoms with Crippen LogP contribution in [0.3, 0.4) is 0 Å². The molecule has 1 saturated heterocycles. The molecule has 0 aliphatic carbocycles. The van der Waals surface area contributed by atoms with Crippen molar-refractivity contribution in [2.45, 2.75) is 31.8 Å². The summed E-state index contributed by atoms with van der Waals surface area (Å²) in [6, 6.07) is 3.57. The van der Waals surface area contributed by atoms with E-state index in [1.807, 2.05) is 0 Å². The number of rotatable bonds is 6. The van der Waals surface area contributed by atoms with E-state index in [9.17, 15) is 18.8 Å². The first-order valence-electron chi connectivity index (χ1n) is 7.74. The minimum Gasteiger partial charge on any atom is -0.351 e. The van der Waals surface area contributed by atoms with Crippen LogP contribution in [0, 0.1) is 5.82 Å². The molecule has 1 aromatic rings. The summed E-state index contributed by atoms with van der Waals surface area (Å²) in [5.74, 6) is -1.23. The van der Waals surface area contributed by atoms with Crippen molar-refractivity contribution in [2.24, 2.45) is 0 Å². The van der Waals surface area contributed by atoms with Gasteiger partial charge in [0.15, 0.2) is 0 Å². The number of benzene rings is 1.